The number of hydrogen-bond acceptors (Lipinski definition) is 5. The summed E-state index contributed by atoms with van der Waals surface area (Å²) < 4.78 is 0. The van der Waals surface area contributed by atoms with Crippen molar-refractivity contribution in [2.24, 2.45) is 5.92 Å². The van der Waals surface area contributed by atoms with Gasteiger partial charge in [0.1, 0.15) is 6.29 Å². The van der Waals surface area contributed by atoms with Crippen LogP contribution >= 0.6 is 0 Å². The molecule has 0 radical (unpaired) electrons. The number of allylic oxidation sites excluding steroid dienone is 2. The molecule has 1 aliphatic heterocycles. The Hall–Kier alpha value is -2.70. The number of carbonyl (C=O) groups excluding carboxylic acids is 2. The molecule has 0 aromatic heterocycles. The van der Waals surface area contributed by atoms with E-state index in [1.165, 1.54) is 11.1 Å². The standard InChI is InChI=1S/C28H42N4O2/c1-5-22(3)10-11-23(6-2)27(9-7-8-18-33)32(4)21-30-20-28(34)31-26-13-12-24-14-16-29-17-15-25(24)19-26/h7-8,11-13,15,17-19,22,27,29-30H,5-6,9-10,14,16,20-21H2,1-4H3,(H,31,34)/b8-7?,23-11+. The van der Waals surface area contributed by atoms with Gasteiger partial charge in [0.25, 0.3) is 0 Å². The Balaban J connectivity index is 1.92. The number of hydrogen-bond donors (Lipinski definition) is 3. The topological polar surface area (TPSA) is 73.5 Å². The summed E-state index contributed by atoms with van der Waals surface area (Å²) in [5, 5.41) is 9.51. The third-order valence-electron chi connectivity index (χ3n) is 6.42. The molecule has 1 aliphatic rings. The Bertz CT molecular complexity index is 875. The van der Waals surface area contributed by atoms with Gasteiger partial charge in [0, 0.05) is 24.9 Å². The summed E-state index contributed by atoms with van der Waals surface area (Å²) in [7, 11) is 2.06. The number of rotatable bonds is 14. The SMILES string of the molecule is CC/C(=C\CC(C)CC)C(CC=CC=O)N(C)CNCC(=O)Nc1ccc2c(c1)C=CNCC2. The number of nitrogens with zero attached hydrogens (tertiary/aromatic N) is 1. The van der Waals surface area contributed by atoms with Gasteiger partial charge in [0.05, 0.1) is 6.54 Å². The molecule has 2 rings (SSSR count). The predicted molar refractivity (Wildman–Crippen MR) is 143 cm³/mol. The average molecular weight is 467 g/mol. The Morgan fingerprint density at radius 2 is 2.09 bits per heavy atom. The number of anilines is 1. The zero-order valence-corrected chi connectivity index (χ0v) is 21.3. The fraction of sp³-hybridized carbons (Fsp3) is 0.500. The van der Waals surface area contributed by atoms with Gasteiger partial charge in [-0.25, -0.2) is 0 Å². The van der Waals surface area contributed by atoms with Crippen LogP contribution in [-0.4, -0.2) is 49.9 Å². The second-order valence-electron chi connectivity index (χ2n) is 9.04. The molecule has 6 nitrogen and oxygen atoms in total. The van der Waals surface area contributed by atoms with E-state index in [9.17, 15) is 9.59 Å². The van der Waals surface area contributed by atoms with Crippen LogP contribution in [0, 0.1) is 5.92 Å². The molecule has 1 heterocycles. The van der Waals surface area contributed by atoms with E-state index in [0.29, 0.717) is 12.6 Å². The van der Waals surface area contributed by atoms with Crippen LogP contribution in [-0.2, 0) is 16.0 Å². The van der Waals surface area contributed by atoms with Crippen LogP contribution in [0.5, 0.6) is 0 Å². The molecule has 0 fully saturated rings. The molecule has 0 spiro atoms. The number of amides is 1. The smallest absolute Gasteiger partial charge is 0.238 e. The van der Waals surface area contributed by atoms with Gasteiger partial charge >= 0.3 is 0 Å². The van der Waals surface area contributed by atoms with E-state index in [1.807, 2.05) is 30.5 Å². The number of nitrogens with one attached hydrogen (secondary N) is 3. The summed E-state index contributed by atoms with van der Waals surface area (Å²) in [4.78, 5) is 25.5. The average Bonchev–Trinajstić information content (AvgIpc) is 3.08. The monoisotopic (exact) mass is 466 g/mol. The van der Waals surface area contributed by atoms with Gasteiger partial charge in [0.15, 0.2) is 0 Å². The fourth-order valence-corrected chi connectivity index (χ4v) is 4.07. The molecule has 0 aliphatic carbocycles. The molecule has 2 unspecified atom stereocenters. The number of fused-ring (bicyclic) bond motifs is 1. The molecule has 34 heavy (non-hydrogen) atoms. The minimum absolute atomic E-state index is 0.0653. The Kier molecular flexibility index (Phi) is 12.4. The van der Waals surface area contributed by atoms with Gasteiger partial charge in [-0.15, -0.1) is 0 Å². The molecule has 0 bridgehead atoms. The summed E-state index contributed by atoms with van der Waals surface area (Å²) in [5.41, 5.74) is 4.60. The van der Waals surface area contributed by atoms with Gasteiger partial charge in [-0.3, -0.25) is 19.8 Å². The highest BCUT2D eigenvalue weighted by molar-refractivity contribution is 5.92. The first kappa shape index (κ1) is 27.5. The van der Waals surface area contributed by atoms with Crippen LogP contribution in [0.4, 0.5) is 5.69 Å². The lowest BCUT2D eigenvalue weighted by molar-refractivity contribution is -0.115. The van der Waals surface area contributed by atoms with Crippen LogP contribution in [0.2, 0.25) is 0 Å². The normalized spacial score (nSPS) is 15.5. The maximum Gasteiger partial charge on any atom is 0.238 e. The Labute approximate surface area is 205 Å². The molecule has 1 aromatic carbocycles. The van der Waals surface area contributed by atoms with E-state index < -0.39 is 0 Å². The largest absolute Gasteiger partial charge is 0.391 e. The van der Waals surface area contributed by atoms with Crippen molar-refractivity contribution >= 4 is 24.0 Å². The molecule has 1 amide bonds. The zero-order chi connectivity index (χ0) is 24.8. The summed E-state index contributed by atoms with van der Waals surface area (Å²) >= 11 is 0. The molecule has 0 saturated heterocycles. The summed E-state index contributed by atoms with van der Waals surface area (Å²) in [6.45, 7) is 8.39. The number of benzene rings is 1. The second-order valence-corrected chi connectivity index (χ2v) is 9.04. The lowest BCUT2D eigenvalue weighted by atomic mass is 9.95. The summed E-state index contributed by atoms with van der Waals surface area (Å²) in [6.07, 6.45) is 15.6. The van der Waals surface area contributed by atoms with Crippen molar-refractivity contribution < 1.29 is 9.59 Å². The van der Waals surface area contributed by atoms with Crippen molar-refractivity contribution in [1.82, 2.24) is 15.5 Å². The fourth-order valence-electron chi connectivity index (χ4n) is 4.07. The quantitative estimate of drug-likeness (QED) is 0.163. The lowest BCUT2D eigenvalue weighted by Gasteiger charge is -2.30. The van der Waals surface area contributed by atoms with Gasteiger partial charge in [0.2, 0.25) is 5.91 Å². The Morgan fingerprint density at radius 3 is 2.82 bits per heavy atom. The number of likely N-dealkylation sites (N-methyl/N-ethyl adjacent to an activating group) is 1. The maximum absolute atomic E-state index is 12.5. The van der Waals surface area contributed by atoms with Crippen LogP contribution in [0.15, 0.2) is 48.2 Å². The van der Waals surface area contributed by atoms with Crippen molar-refractivity contribution in [2.75, 3.05) is 32.1 Å². The van der Waals surface area contributed by atoms with Crippen molar-refractivity contribution in [2.45, 2.75) is 58.9 Å². The highest BCUT2D eigenvalue weighted by atomic mass is 16.1. The first-order valence-electron chi connectivity index (χ1n) is 12.5. The van der Waals surface area contributed by atoms with E-state index in [-0.39, 0.29) is 18.5 Å². The number of carbonyl (C=O) groups is 2. The number of aldehydes is 1. The van der Waals surface area contributed by atoms with Crippen LogP contribution in [0.1, 0.15) is 57.6 Å². The zero-order valence-electron chi connectivity index (χ0n) is 21.3. The van der Waals surface area contributed by atoms with E-state index in [0.717, 1.165) is 56.2 Å². The van der Waals surface area contributed by atoms with E-state index in [2.05, 4.69) is 60.8 Å². The minimum Gasteiger partial charge on any atom is -0.391 e. The molecule has 2 atom stereocenters. The Morgan fingerprint density at radius 1 is 1.26 bits per heavy atom. The maximum atomic E-state index is 12.5. The van der Waals surface area contributed by atoms with Crippen molar-refractivity contribution in [3.63, 3.8) is 0 Å². The summed E-state index contributed by atoms with van der Waals surface area (Å²) in [5.74, 6) is 0.587. The van der Waals surface area contributed by atoms with Crippen LogP contribution in [0.3, 0.4) is 0 Å². The molecule has 3 N–H and O–H groups in total. The highest BCUT2D eigenvalue weighted by Gasteiger charge is 2.17. The van der Waals surface area contributed by atoms with Crippen molar-refractivity contribution in [1.29, 1.82) is 0 Å². The molecule has 186 valence electrons. The molecule has 0 saturated carbocycles. The molecule has 1 aromatic rings. The first-order valence-corrected chi connectivity index (χ1v) is 12.5. The molecule has 6 heteroatoms. The molecular weight excluding hydrogens is 424 g/mol. The van der Waals surface area contributed by atoms with Gasteiger partial charge in [-0.1, -0.05) is 51.0 Å². The van der Waals surface area contributed by atoms with E-state index >= 15 is 0 Å². The van der Waals surface area contributed by atoms with E-state index in [4.69, 9.17) is 0 Å². The van der Waals surface area contributed by atoms with Crippen molar-refractivity contribution in [3.05, 3.63) is 59.3 Å². The van der Waals surface area contributed by atoms with Gasteiger partial charge in [-0.2, -0.15) is 0 Å². The highest BCUT2D eigenvalue weighted by Crippen LogP contribution is 2.21. The van der Waals surface area contributed by atoms with Gasteiger partial charge < -0.3 is 10.6 Å². The van der Waals surface area contributed by atoms with Crippen LogP contribution in [0.25, 0.3) is 6.08 Å². The van der Waals surface area contributed by atoms with Crippen molar-refractivity contribution in [3.8, 4) is 0 Å². The third kappa shape index (κ3) is 9.27. The van der Waals surface area contributed by atoms with E-state index in [1.54, 1.807) is 6.08 Å². The molecular formula is C28H42N4O2. The third-order valence-corrected chi connectivity index (χ3v) is 6.42. The van der Waals surface area contributed by atoms with Gasteiger partial charge in [-0.05, 0) is 80.3 Å². The predicted octanol–water partition coefficient (Wildman–Crippen LogP) is 4.51. The first-order chi connectivity index (χ1) is 16.5. The minimum atomic E-state index is -0.0653. The lowest BCUT2D eigenvalue weighted by Crippen LogP contribution is -2.42. The summed E-state index contributed by atoms with van der Waals surface area (Å²) in [6, 6.07) is 6.26. The second kappa shape index (κ2) is 15.3. The van der Waals surface area contributed by atoms with Crippen LogP contribution < -0.4 is 16.0 Å².